The molecule has 0 unspecified atom stereocenters. The Labute approximate surface area is 138 Å². The van der Waals surface area contributed by atoms with Gasteiger partial charge in [0, 0.05) is 4.47 Å². The number of amides is 1. The van der Waals surface area contributed by atoms with E-state index in [4.69, 9.17) is 28.3 Å². The Morgan fingerprint density at radius 2 is 1.67 bits per heavy atom. The maximum Gasteiger partial charge on any atom is 0.335 e. The summed E-state index contributed by atoms with van der Waals surface area (Å²) in [5.41, 5.74) is 0.528. The van der Waals surface area contributed by atoms with Crippen LogP contribution in [-0.4, -0.2) is 17.0 Å². The highest BCUT2D eigenvalue weighted by Gasteiger charge is 2.16. The normalized spacial score (nSPS) is 10.2. The lowest BCUT2D eigenvalue weighted by atomic mass is 10.2. The van der Waals surface area contributed by atoms with Gasteiger partial charge in [-0.2, -0.15) is 0 Å². The SMILES string of the molecule is O=C(O)c1cc(Cl)c(NC(=O)c2ccccc2Br)c(Cl)c1. The Hall–Kier alpha value is -1.56. The molecule has 0 atom stereocenters. The van der Waals surface area contributed by atoms with Crippen LogP contribution in [0.5, 0.6) is 0 Å². The van der Waals surface area contributed by atoms with E-state index in [1.165, 1.54) is 12.1 Å². The van der Waals surface area contributed by atoms with Crippen LogP contribution < -0.4 is 5.32 Å². The Bertz CT molecular complexity index is 711. The number of anilines is 1. The third-order valence-corrected chi connectivity index (χ3v) is 3.93. The molecule has 2 aromatic rings. The van der Waals surface area contributed by atoms with Gasteiger partial charge >= 0.3 is 5.97 Å². The average Bonchev–Trinajstić information content (AvgIpc) is 2.42. The fourth-order valence-electron chi connectivity index (χ4n) is 1.64. The molecule has 0 heterocycles. The van der Waals surface area contributed by atoms with Crippen LogP contribution in [0.15, 0.2) is 40.9 Å². The average molecular weight is 389 g/mol. The Balaban J connectivity index is 2.34. The maximum absolute atomic E-state index is 12.2. The van der Waals surface area contributed by atoms with E-state index >= 15 is 0 Å². The van der Waals surface area contributed by atoms with Crippen molar-refractivity contribution < 1.29 is 14.7 Å². The molecule has 0 aromatic heterocycles. The molecular weight excluding hydrogens is 381 g/mol. The molecule has 0 aliphatic heterocycles. The first-order valence-corrected chi connectivity index (χ1v) is 7.23. The van der Waals surface area contributed by atoms with E-state index in [0.29, 0.717) is 10.0 Å². The summed E-state index contributed by atoms with van der Waals surface area (Å²) in [7, 11) is 0. The van der Waals surface area contributed by atoms with E-state index < -0.39 is 11.9 Å². The molecule has 0 spiro atoms. The van der Waals surface area contributed by atoms with Crippen molar-refractivity contribution in [2.45, 2.75) is 0 Å². The fraction of sp³-hybridized carbons (Fsp3) is 0. The van der Waals surface area contributed by atoms with Crippen LogP contribution >= 0.6 is 39.1 Å². The summed E-state index contributed by atoms with van der Waals surface area (Å²) in [5.74, 6) is -1.56. The summed E-state index contributed by atoms with van der Waals surface area (Å²) in [4.78, 5) is 23.1. The van der Waals surface area contributed by atoms with Crippen molar-refractivity contribution in [1.82, 2.24) is 0 Å². The number of hydrogen-bond acceptors (Lipinski definition) is 2. The van der Waals surface area contributed by atoms with Crippen molar-refractivity contribution in [2.75, 3.05) is 5.32 Å². The van der Waals surface area contributed by atoms with Crippen molar-refractivity contribution in [2.24, 2.45) is 0 Å². The van der Waals surface area contributed by atoms with E-state index in [2.05, 4.69) is 21.2 Å². The summed E-state index contributed by atoms with van der Waals surface area (Å²) in [6.45, 7) is 0. The molecule has 0 saturated heterocycles. The number of halogens is 3. The lowest BCUT2D eigenvalue weighted by Crippen LogP contribution is -2.13. The van der Waals surface area contributed by atoms with Crippen LogP contribution in [-0.2, 0) is 0 Å². The van der Waals surface area contributed by atoms with E-state index in [1.54, 1.807) is 24.3 Å². The highest BCUT2D eigenvalue weighted by molar-refractivity contribution is 9.10. The number of aromatic carboxylic acids is 1. The highest BCUT2D eigenvalue weighted by Crippen LogP contribution is 2.32. The van der Waals surface area contributed by atoms with Gasteiger partial charge in [-0.1, -0.05) is 35.3 Å². The molecule has 21 heavy (non-hydrogen) atoms. The predicted octanol–water partition coefficient (Wildman–Crippen LogP) is 4.71. The van der Waals surface area contributed by atoms with Crippen molar-refractivity contribution >= 4 is 56.7 Å². The number of carboxylic acid groups (broad SMARTS) is 1. The van der Waals surface area contributed by atoms with Crippen molar-refractivity contribution in [1.29, 1.82) is 0 Å². The number of carbonyl (C=O) groups excluding carboxylic acids is 1. The summed E-state index contributed by atoms with van der Waals surface area (Å²) in [5, 5.41) is 11.6. The monoisotopic (exact) mass is 387 g/mol. The number of nitrogens with one attached hydrogen (secondary N) is 1. The quantitative estimate of drug-likeness (QED) is 0.800. The van der Waals surface area contributed by atoms with Crippen LogP contribution in [0.2, 0.25) is 10.0 Å². The molecule has 0 radical (unpaired) electrons. The molecule has 2 aromatic carbocycles. The summed E-state index contributed by atoms with van der Waals surface area (Å²) in [6.07, 6.45) is 0. The smallest absolute Gasteiger partial charge is 0.335 e. The van der Waals surface area contributed by atoms with Crippen molar-refractivity contribution in [3.05, 3.63) is 62.0 Å². The molecule has 0 aliphatic carbocycles. The van der Waals surface area contributed by atoms with Crippen molar-refractivity contribution in [3.8, 4) is 0 Å². The zero-order valence-electron chi connectivity index (χ0n) is 10.4. The predicted molar refractivity (Wildman–Crippen MR) is 85.5 cm³/mol. The Kier molecular flexibility index (Phi) is 4.88. The van der Waals surface area contributed by atoms with Gasteiger partial charge in [-0.05, 0) is 40.2 Å². The molecule has 0 aliphatic rings. The van der Waals surface area contributed by atoms with Crippen LogP contribution in [0.25, 0.3) is 0 Å². The molecule has 2 N–H and O–H groups in total. The van der Waals surface area contributed by atoms with E-state index in [1.807, 2.05) is 0 Å². The molecule has 0 saturated carbocycles. The van der Waals surface area contributed by atoms with Gasteiger partial charge in [-0.25, -0.2) is 4.79 Å². The first-order chi connectivity index (χ1) is 9.90. The molecule has 108 valence electrons. The largest absolute Gasteiger partial charge is 0.478 e. The maximum atomic E-state index is 12.2. The van der Waals surface area contributed by atoms with Gasteiger partial charge in [0.1, 0.15) is 0 Å². The molecule has 1 amide bonds. The van der Waals surface area contributed by atoms with E-state index in [-0.39, 0.29) is 21.3 Å². The number of rotatable bonds is 3. The lowest BCUT2D eigenvalue weighted by Gasteiger charge is -2.11. The van der Waals surface area contributed by atoms with Gasteiger partial charge in [0.15, 0.2) is 0 Å². The standard InChI is InChI=1S/C14H8BrCl2NO3/c15-9-4-2-1-3-8(9)13(19)18-12-10(16)5-7(14(20)21)6-11(12)17/h1-6H,(H,18,19)(H,20,21). The second-order valence-electron chi connectivity index (χ2n) is 4.05. The fourth-order valence-corrected chi connectivity index (χ4v) is 2.69. The summed E-state index contributed by atoms with van der Waals surface area (Å²) in [6, 6.07) is 9.31. The zero-order chi connectivity index (χ0) is 15.6. The lowest BCUT2D eigenvalue weighted by molar-refractivity contribution is 0.0696. The summed E-state index contributed by atoms with van der Waals surface area (Å²) < 4.78 is 0.622. The van der Waals surface area contributed by atoms with Gasteiger partial charge in [0.25, 0.3) is 5.91 Å². The van der Waals surface area contributed by atoms with Gasteiger partial charge in [0.2, 0.25) is 0 Å². The van der Waals surface area contributed by atoms with Gasteiger partial charge in [-0.15, -0.1) is 0 Å². The van der Waals surface area contributed by atoms with E-state index in [0.717, 1.165) is 0 Å². The topological polar surface area (TPSA) is 66.4 Å². The summed E-state index contributed by atoms with van der Waals surface area (Å²) >= 11 is 15.2. The van der Waals surface area contributed by atoms with Gasteiger partial charge in [-0.3, -0.25) is 4.79 Å². The number of carboxylic acids is 1. The van der Waals surface area contributed by atoms with Crippen LogP contribution in [0, 0.1) is 0 Å². The van der Waals surface area contributed by atoms with Gasteiger partial charge in [0.05, 0.1) is 26.9 Å². The Morgan fingerprint density at radius 3 is 2.19 bits per heavy atom. The zero-order valence-corrected chi connectivity index (χ0v) is 13.5. The number of hydrogen-bond donors (Lipinski definition) is 2. The van der Waals surface area contributed by atoms with Crippen LogP contribution in [0.3, 0.4) is 0 Å². The second-order valence-corrected chi connectivity index (χ2v) is 5.72. The number of benzene rings is 2. The third-order valence-electron chi connectivity index (χ3n) is 2.65. The Morgan fingerprint density at radius 1 is 1.10 bits per heavy atom. The highest BCUT2D eigenvalue weighted by atomic mass is 79.9. The first kappa shape index (κ1) is 15.8. The second kappa shape index (κ2) is 6.47. The number of carbonyl (C=O) groups is 2. The third kappa shape index (κ3) is 3.56. The van der Waals surface area contributed by atoms with Crippen LogP contribution in [0.1, 0.15) is 20.7 Å². The molecule has 0 fully saturated rings. The van der Waals surface area contributed by atoms with E-state index in [9.17, 15) is 9.59 Å². The first-order valence-electron chi connectivity index (χ1n) is 5.68. The molecular formula is C14H8BrCl2NO3. The van der Waals surface area contributed by atoms with Crippen LogP contribution in [0.4, 0.5) is 5.69 Å². The van der Waals surface area contributed by atoms with Gasteiger partial charge < -0.3 is 10.4 Å². The minimum atomic E-state index is -1.15. The molecule has 0 bridgehead atoms. The molecule has 7 heteroatoms. The minimum absolute atomic E-state index is 0.0520. The molecule has 4 nitrogen and oxygen atoms in total. The minimum Gasteiger partial charge on any atom is -0.478 e. The van der Waals surface area contributed by atoms with Crippen molar-refractivity contribution in [3.63, 3.8) is 0 Å². The molecule has 2 rings (SSSR count).